The zero-order chi connectivity index (χ0) is 22.3. The van der Waals surface area contributed by atoms with Crippen LogP contribution in [0.3, 0.4) is 0 Å². The van der Waals surface area contributed by atoms with Crippen molar-refractivity contribution < 1.29 is 9.53 Å². The van der Waals surface area contributed by atoms with Gasteiger partial charge in [0.25, 0.3) is 0 Å². The van der Waals surface area contributed by atoms with Gasteiger partial charge in [-0.2, -0.15) is 0 Å². The Bertz CT molecular complexity index is 1160. The summed E-state index contributed by atoms with van der Waals surface area (Å²) in [5.41, 5.74) is 4.17. The minimum atomic E-state index is -0.0845. The summed E-state index contributed by atoms with van der Waals surface area (Å²) < 4.78 is 7.36. The van der Waals surface area contributed by atoms with Crippen LogP contribution in [0.4, 0.5) is 0 Å². The van der Waals surface area contributed by atoms with Crippen LogP contribution in [0.5, 0.6) is 5.75 Å². The fourth-order valence-electron chi connectivity index (χ4n) is 3.48. The van der Waals surface area contributed by atoms with Gasteiger partial charge >= 0.3 is 0 Å². The Hall–Kier alpha value is -3.09. The minimum Gasteiger partial charge on any atom is -0.497 e. The van der Waals surface area contributed by atoms with E-state index in [1.54, 1.807) is 23.3 Å². The summed E-state index contributed by atoms with van der Waals surface area (Å²) in [6, 6.07) is 21.9. The van der Waals surface area contributed by atoms with Gasteiger partial charge in [0.1, 0.15) is 16.6 Å². The monoisotopic (exact) mass is 465 g/mol. The number of carbonyl (C=O) groups is 1. The molecule has 4 rings (SSSR count). The highest BCUT2D eigenvalue weighted by molar-refractivity contribution is 7.13. The van der Waals surface area contributed by atoms with Gasteiger partial charge in [-0.05, 0) is 42.0 Å². The van der Waals surface area contributed by atoms with E-state index in [4.69, 9.17) is 21.3 Å². The van der Waals surface area contributed by atoms with Crippen molar-refractivity contribution in [3.05, 3.63) is 95.3 Å². The highest BCUT2D eigenvalue weighted by Gasteiger charge is 2.16. The second kappa shape index (κ2) is 10.5. The van der Waals surface area contributed by atoms with Gasteiger partial charge in [-0.15, -0.1) is 22.9 Å². The molecule has 5 nitrogen and oxygen atoms in total. The number of rotatable bonds is 9. The molecule has 0 bridgehead atoms. The third kappa shape index (κ3) is 5.39. The van der Waals surface area contributed by atoms with Gasteiger partial charge in [0.15, 0.2) is 0 Å². The molecule has 2 aromatic carbocycles. The number of thiazole rings is 1. The fraction of sp³-hybridized carbons (Fsp3) is 0.200. The Morgan fingerprint density at radius 1 is 1.06 bits per heavy atom. The van der Waals surface area contributed by atoms with E-state index in [0.717, 1.165) is 33.3 Å². The number of alkyl halides is 1. The molecule has 0 fully saturated rings. The summed E-state index contributed by atoms with van der Waals surface area (Å²) in [5, 5.41) is 3.05. The summed E-state index contributed by atoms with van der Waals surface area (Å²) in [7, 11) is 1.66. The first kappa shape index (κ1) is 22.1. The highest BCUT2D eigenvalue weighted by Crippen LogP contribution is 2.26. The molecule has 0 aliphatic carbocycles. The van der Waals surface area contributed by atoms with Crippen LogP contribution in [0.25, 0.3) is 10.6 Å². The molecule has 0 aliphatic rings. The third-order valence-corrected chi connectivity index (χ3v) is 6.35. The van der Waals surface area contributed by atoms with Gasteiger partial charge in [0, 0.05) is 29.4 Å². The number of benzene rings is 2. The van der Waals surface area contributed by atoms with Crippen LogP contribution < -0.4 is 4.74 Å². The zero-order valence-electron chi connectivity index (χ0n) is 17.8. The van der Waals surface area contributed by atoms with Crippen LogP contribution >= 0.6 is 22.9 Å². The average Bonchev–Trinajstić information content (AvgIpc) is 3.49. The van der Waals surface area contributed by atoms with Crippen LogP contribution in [-0.4, -0.2) is 33.3 Å². The molecule has 0 unspecified atom stereocenters. The summed E-state index contributed by atoms with van der Waals surface area (Å²) >= 11 is 7.51. The van der Waals surface area contributed by atoms with Crippen molar-refractivity contribution in [3.63, 3.8) is 0 Å². The van der Waals surface area contributed by atoms with Gasteiger partial charge < -0.3 is 14.2 Å². The first-order chi connectivity index (χ1) is 15.7. The maximum atomic E-state index is 12.5. The SMILES string of the molecule is COc1ccc(-c2nc(Cn3cccc3CN(Cc3ccccc3)C(=O)CCl)cs2)cc1. The van der Waals surface area contributed by atoms with Crippen molar-refractivity contribution in [2.75, 3.05) is 13.0 Å². The zero-order valence-corrected chi connectivity index (χ0v) is 19.4. The number of ether oxygens (including phenoxy) is 1. The number of halogens is 1. The van der Waals surface area contributed by atoms with Crippen molar-refractivity contribution >= 4 is 28.8 Å². The summed E-state index contributed by atoms with van der Waals surface area (Å²) in [6.45, 7) is 1.65. The third-order valence-electron chi connectivity index (χ3n) is 5.18. The number of amides is 1. The standard InChI is InChI=1S/C25H24ClN3O2S/c1-31-23-11-9-20(10-12-23)25-27-21(18-32-25)16-28-13-5-8-22(28)17-29(24(30)14-26)15-19-6-3-2-4-7-19/h2-13,18H,14-17H2,1H3. The Morgan fingerprint density at radius 3 is 2.56 bits per heavy atom. The Kier molecular flexibility index (Phi) is 7.24. The molecule has 0 saturated heterocycles. The van der Waals surface area contributed by atoms with Crippen molar-refractivity contribution in [2.45, 2.75) is 19.6 Å². The number of hydrogen-bond donors (Lipinski definition) is 0. The highest BCUT2D eigenvalue weighted by atomic mass is 35.5. The molecule has 0 saturated carbocycles. The van der Waals surface area contributed by atoms with Gasteiger partial charge in [-0.3, -0.25) is 4.79 Å². The quantitative estimate of drug-likeness (QED) is 0.309. The number of aromatic nitrogens is 2. The second-order valence-corrected chi connectivity index (χ2v) is 8.49. The number of nitrogens with zero attached hydrogens (tertiary/aromatic N) is 3. The van der Waals surface area contributed by atoms with Crippen molar-refractivity contribution in [2.24, 2.45) is 0 Å². The molecule has 2 heterocycles. The van der Waals surface area contributed by atoms with E-state index >= 15 is 0 Å². The molecule has 32 heavy (non-hydrogen) atoms. The predicted octanol–water partition coefficient (Wildman–Crippen LogP) is 5.44. The first-order valence-corrected chi connectivity index (χ1v) is 11.7. The van der Waals surface area contributed by atoms with Gasteiger partial charge in [-0.1, -0.05) is 30.3 Å². The maximum absolute atomic E-state index is 12.5. The van der Waals surface area contributed by atoms with Crippen LogP contribution in [0.2, 0.25) is 0 Å². The van der Waals surface area contributed by atoms with Crippen LogP contribution in [-0.2, 0) is 24.4 Å². The lowest BCUT2D eigenvalue weighted by atomic mass is 10.2. The van der Waals surface area contributed by atoms with E-state index in [1.165, 1.54) is 0 Å². The molecule has 0 aliphatic heterocycles. The Morgan fingerprint density at radius 2 is 1.84 bits per heavy atom. The molecule has 0 N–H and O–H groups in total. The summed E-state index contributed by atoms with van der Waals surface area (Å²) in [6.07, 6.45) is 2.02. The van der Waals surface area contributed by atoms with E-state index in [0.29, 0.717) is 19.6 Å². The van der Waals surface area contributed by atoms with Gasteiger partial charge in [-0.25, -0.2) is 4.98 Å². The lowest BCUT2D eigenvalue weighted by Gasteiger charge is -2.23. The smallest absolute Gasteiger partial charge is 0.238 e. The largest absolute Gasteiger partial charge is 0.497 e. The topological polar surface area (TPSA) is 47.4 Å². The van der Waals surface area contributed by atoms with Gasteiger partial charge in [0.05, 0.1) is 25.9 Å². The fourth-order valence-corrected chi connectivity index (χ4v) is 4.47. The molecule has 0 spiro atoms. The van der Waals surface area contributed by atoms with Gasteiger partial charge in [0.2, 0.25) is 5.91 Å². The number of hydrogen-bond acceptors (Lipinski definition) is 4. The lowest BCUT2D eigenvalue weighted by Crippen LogP contribution is -2.31. The Balaban J connectivity index is 1.48. The van der Waals surface area contributed by atoms with E-state index < -0.39 is 0 Å². The van der Waals surface area contributed by atoms with Crippen molar-refractivity contribution in [1.29, 1.82) is 0 Å². The molecule has 4 aromatic rings. The molecule has 7 heteroatoms. The van der Waals surface area contributed by atoms with E-state index in [1.807, 2.05) is 72.9 Å². The molecule has 164 valence electrons. The maximum Gasteiger partial charge on any atom is 0.238 e. The average molecular weight is 466 g/mol. The number of methoxy groups -OCH3 is 1. The second-order valence-electron chi connectivity index (χ2n) is 7.37. The molecule has 2 aromatic heterocycles. The lowest BCUT2D eigenvalue weighted by molar-refractivity contribution is -0.129. The number of carbonyl (C=O) groups excluding carboxylic acids is 1. The van der Waals surface area contributed by atoms with Crippen LogP contribution in [0.1, 0.15) is 17.0 Å². The minimum absolute atomic E-state index is 0.0369. The molecule has 1 amide bonds. The van der Waals surface area contributed by atoms with Crippen molar-refractivity contribution in [1.82, 2.24) is 14.5 Å². The summed E-state index contributed by atoms with van der Waals surface area (Å²) in [5.74, 6) is 0.706. The van der Waals surface area contributed by atoms with Crippen LogP contribution in [0.15, 0.2) is 78.3 Å². The summed E-state index contributed by atoms with van der Waals surface area (Å²) in [4.78, 5) is 19.1. The molecular weight excluding hydrogens is 442 g/mol. The van der Waals surface area contributed by atoms with E-state index in [9.17, 15) is 4.79 Å². The predicted molar refractivity (Wildman–Crippen MR) is 129 cm³/mol. The van der Waals surface area contributed by atoms with Crippen LogP contribution in [0, 0.1) is 0 Å². The molecular formula is C25H24ClN3O2S. The molecule has 0 atom stereocenters. The Labute approximate surface area is 196 Å². The van der Waals surface area contributed by atoms with Crippen molar-refractivity contribution in [3.8, 4) is 16.3 Å². The normalized spacial score (nSPS) is 10.8. The van der Waals surface area contributed by atoms with E-state index in [2.05, 4.69) is 9.95 Å². The first-order valence-electron chi connectivity index (χ1n) is 10.3. The van der Waals surface area contributed by atoms with E-state index in [-0.39, 0.29) is 11.8 Å². The molecule has 0 radical (unpaired) electrons.